The lowest BCUT2D eigenvalue weighted by Crippen LogP contribution is -2.49. The summed E-state index contributed by atoms with van der Waals surface area (Å²) in [7, 11) is -3.55. The summed E-state index contributed by atoms with van der Waals surface area (Å²) in [6.07, 6.45) is 5.68. The molecule has 3 rings (SSSR count). The van der Waals surface area contributed by atoms with Gasteiger partial charge in [-0.05, 0) is 36.2 Å². The summed E-state index contributed by atoms with van der Waals surface area (Å²) >= 11 is 0. The lowest BCUT2D eigenvalue weighted by atomic mass is 10.2. The fourth-order valence-corrected chi connectivity index (χ4v) is 4.33. The summed E-state index contributed by atoms with van der Waals surface area (Å²) in [5, 5.41) is 8.84. The van der Waals surface area contributed by atoms with E-state index in [1.54, 1.807) is 0 Å². The third-order valence-corrected chi connectivity index (χ3v) is 6.29. The second kappa shape index (κ2) is 7.81. The second-order valence-corrected chi connectivity index (χ2v) is 8.11. The number of hydrogen-bond donors (Lipinski definition) is 0. The number of piperazine rings is 1. The Morgan fingerprint density at radius 2 is 1.69 bits per heavy atom. The zero-order valence-corrected chi connectivity index (χ0v) is 15.5. The Balaban J connectivity index is 1.66. The van der Waals surface area contributed by atoms with Crippen LogP contribution in [0.4, 0.5) is 5.95 Å². The zero-order valence-electron chi connectivity index (χ0n) is 14.7. The predicted octanol–water partition coefficient (Wildman–Crippen LogP) is 1.81. The van der Waals surface area contributed by atoms with Gasteiger partial charge in [-0.2, -0.15) is 9.57 Å². The van der Waals surface area contributed by atoms with E-state index in [0.29, 0.717) is 37.7 Å². The van der Waals surface area contributed by atoms with Crippen LogP contribution in [0.25, 0.3) is 0 Å². The number of rotatable bonds is 5. The number of hydrogen-bond acceptors (Lipinski definition) is 6. The van der Waals surface area contributed by atoms with Crippen LogP contribution in [0.15, 0.2) is 41.6 Å². The molecule has 8 heteroatoms. The van der Waals surface area contributed by atoms with Crippen molar-refractivity contribution in [3.05, 3.63) is 47.8 Å². The summed E-state index contributed by atoms with van der Waals surface area (Å²) in [6, 6.07) is 8.00. The smallest absolute Gasteiger partial charge is 0.243 e. The quantitative estimate of drug-likeness (QED) is 0.796. The van der Waals surface area contributed by atoms with Crippen LogP contribution < -0.4 is 4.90 Å². The van der Waals surface area contributed by atoms with Crippen molar-refractivity contribution in [1.82, 2.24) is 14.3 Å². The zero-order chi connectivity index (χ0) is 18.6. The van der Waals surface area contributed by atoms with E-state index in [0.717, 1.165) is 18.4 Å². The summed E-state index contributed by atoms with van der Waals surface area (Å²) in [5.74, 6) is 0.639. The van der Waals surface area contributed by atoms with Crippen molar-refractivity contribution in [1.29, 1.82) is 5.26 Å². The molecule has 0 atom stereocenters. The standard InChI is InChI=1S/C18H21N5O2S/c1-2-3-16-13-20-18(21-14-16)22-8-10-23(11-9-22)26(24,25)17-6-4-15(12-19)5-7-17/h4-7,13-14H,2-3,8-11H2,1H3. The van der Waals surface area contributed by atoms with E-state index in [-0.39, 0.29) is 4.90 Å². The lowest BCUT2D eigenvalue weighted by molar-refractivity contribution is 0.382. The highest BCUT2D eigenvalue weighted by atomic mass is 32.2. The van der Waals surface area contributed by atoms with Crippen LogP contribution in [-0.4, -0.2) is 48.9 Å². The van der Waals surface area contributed by atoms with Gasteiger partial charge >= 0.3 is 0 Å². The molecule has 1 aliphatic heterocycles. The Bertz CT molecular complexity index is 881. The number of aryl methyl sites for hydroxylation is 1. The van der Waals surface area contributed by atoms with Gasteiger partial charge < -0.3 is 4.90 Å². The molecule has 1 aliphatic rings. The van der Waals surface area contributed by atoms with Gasteiger partial charge in [0.2, 0.25) is 16.0 Å². The fraction of sp³-hybridized carbons (Fsp3) is 0.389. The molecule has 1 fully saturated rings. The number of aromatic nitrogens is 2. The molecular formula is C18H21N5O2S. The van der Waals surface area contributed by atoms with Gasteiger partial charge in [0, 0.05) is 38.6 Å². The summed E-state index contributed by atoms with van der Waals surface area (Å²) < 4.78 is 26.9. The van der Waals surface area contributed by atoms with Crippen LogP contribution >= 0.6 is 0 Å². The van der Waals surface area contributed by atoms with Crippen LogP contribution in [-0.2, 0) is 16.4 Å². The van der Waals surface area contributed by atoms with Gasteiger partial charge in [-0.15, -0.1) is 0 Å². The second-order valence-electron chi connectivity index (χ2n) is 6.17. The maximum atomic E-state index is 12.7. The Hall–Kier alpha value is -2.50. The van der Waals surface area contributed by atoms with E-state index in [9.17, 15) is 8.42 Å². The number of anilines is 1. The van der Waals surface area contributed by atoms with E-state index < -0.39 is 10.0 Å². The first kappa shape index (κ1) is 18.3. The molecule has 0 radical (unpaired) electrons. The molecule has 1 aromatic carbocycles. The minimum Gasteiger partial charge on any atom is -0.338 e. The molecule has 0 spiro atoms. The molecule has 0 saturated carbocycles. The van der Waals surface area contributed by atoms with Gasteiger partial charge in [-0.3, -0.25) is 0 Å². The van der Waals surface area contributed by atoms with Crippen molar-refractivity contribution < 1.29 is 8.42 Å². The van der Waals surface area contributed by atoms with E-state index in [4.69, 9.17) is 5.26 Å². The van der Waals surface area contributed by atoms with Crippen molar-refractivity contribution in [2.24, 2.45) is 0 Å². The lowest BCUT2D eigenvalue weighted by Gasteiger charge is -2.34. The van der Waals surface area contributed by atoms with Crippen LogP contribution in [0.5, 0.6) is 0 Å². The van der Waals surface area contributed by atoms with Crippen molar-refractivity contribution >= 4 is 16.0 Å². The topological polar surface area (TPSA) is 90.2 Å². The van der Waals surface area contributed by atoms with E-state index >= 15 is 0 Å². The van der Waals surface area contributed by atoms with Gasteiger partial charge in [0.05, 0.1) is 16.5 Å². The molecule has 0 amide bonds. The van der Waals surface area contributed by atoms with Crippen molar-refractivity contribution in [3.63, 3.8) is 0 Å². The molecule has 2 heterocycles. The number of nitriles is 1. The monoisotopic (exact) mass is 371 g/mol. The SMILES string of the molecule is CCCc1cnc(N2CCN(S(=O)(=O)c3ccc(C#N)cc3)CC2)nc1. The van der Waals surface area contributed by atoms with Gasteiger partial charge in [-0.1, -0.05) is 13.3 Å². The van der Waals surface area contributed by atoms with Crippen LogP contribution in [0.1, 0.15) is 24.5 Å². The maximum Gasteiger partial charge on any atom is 0.243 e. The normalized spacial score (nSPS) is 15.6. The van der Waals surface area contributed by atoms with Crippen molar-refractivity contribution in [3.8, 4) is 6.07 Å². The highest BCUT2D eigenvalue weighted by molar-refractivity contribution is 7.89. The molecule has 1 aromatic heterocycles. The number of sulfonamides is 1. The predicted molar refractivity (Wildman–Crippen MR) is 98.2 cm³/mol. The average molecular weight is 371 g/mol. The first-order valence-corrected chi connectivity index (χ1v) is 10.0. The first-order valence-electron chi connectivity index (χ1n) is 8.61. The van der Waals surface area contributed by atoms with Crippen LogP contribution in [0.3, 0.4) is 0 Å². The first-order chi connectivity index (χ1) is 12.5. The summed E-state index contributed by atoms with van der Waals surface area (Å²) in [4.78, 5) is 11.0. The van der Waals surface area contributed by atoms with Crippen LogP contribution in [0, 0.1) is 11.3 Å². The minimum absolute atomic E-state index is 0.213. The molecule has 1 saturated heterocycles. The van der Waals surface area contributed by atoms with E-state index in [1.165, 1.54) is 28.6 Å². The molecule has 0 unspecified atom stereocenters. The molecule has 136 valence electrons. The Morgan fingerprint density at radius 3 is 2.23 bits per heavy atom. The van der Waals surface area contributed by atoms with E-state index in [1.807, 2.05) is 23.4 Å². The molecule has 7 nitrogen and oxygen atoms in total. The van der Waals surface area contributed by atoms with Crippen molar-refractivity contribution in [2.75, 3.05) is 31.1 Å². The minimum atomic E-state index is -3.55. The van der Waals surface area contributed by atoms with Crippen LogP contribution in [0.2, 0.25) is 0 Å². The van der Waals surface area contributed by atoms with Gasteiger partial charge in [0.15, 0.2) is 0 Å². The van der Waals surface area contributed by atoms with Crippen molar-refractivity contribution in [2.45, 2.75) is 24.7 Å². The Labute approximate surface area is 154 Å². The molecule has 0 bridgehead atoms. The summed E-state index contributed by atoms with van der Waals surface area (Å²) in [6.45, 7) is 3.96. The molecule has 0 aliphatic carbocycles. The maximum absolute atomic E-state index is 12.7. The average Bonchev–Trinajstić information content (AvgIpc) is 2.69. The molecule has 0 N–H and O–H groups in total. The van der Waals surface area contributed by atoms with Gasteiger partial charge in [-0.25, -0.2) is 18.4 Å². The van der Waals surface area contributed by atoms with E-state index in [2.05, 4.69) is 16.9 Å². The highest BCUT2D eigenvalue weighted by Crippen LogP contribution is 2.19. The Kier molecular flexibility index (Phi) is 5.49. The largest absolute Gasteiger partial charge is 0.338 e. The molecular weight excluding hydrogens is 350 g/mol. The third-order valence-electron chi connectivity index (χ3n) is 4.37. The molecule has 26 heavy (non-hydrogen) atoms. The Morgan fingerprint density at radius 1 is 1.08 bits per heavy atom. The summed E-state index contributed by atoms with van der Waals surface area (Å²) in [5.41, 5.74) is 1.55. The van der Waals surface area contributed by atoms with Gasteiger partial charge in [0.25, 0.3) is 0 Å². The third kappa shape index (κ3) is 3.84. The van der Waals surface area contributed by atoms with Gasteiger partial charge in [0.1, 0.15) is 0 Å². The number of nitrogens with zero attached hydrogens (tertiary/aromatic N) is 5. The highest BCUT2D eigenvalue weighted by Gasteiger charge is 2.29. The fourth-order valence-electron chi connectivity index (χ4n) is 2.91. The number of benzene rings is 1. The molecule has 2 aromatic rings.